The number of hydrogen-bond acceptors (Lipinski definition) is 4. The van der Waals surface area contributed by atoms with Gasteiger partial charge in [0, 0.05) is 24.7 Å². The predicted octanol–water partition coefficient (Wildman–Crippen LogP) is 3.53. The highest BCUT2D eigenvalue weighted by Gasteiger charge is 2.23. The monoisotopic (exact) mass is 391 g/mol. The molecule has 29 heavy (non-hydrogen) atoms. The summed E-state index contributed by atoms with van der Waals surface area (Å²) in [5.41, 5.74) is 2.20. The number of hydrogen-bond donors (Lipinski definition) is 0. The van der Waals surface area contributed by atoms with Gasteiger partial charge in [0.05, 0.1) is 12.8 Å². The van der Waals surface area contributed by atoms with Gasteiger partial charge in [0.2, 0.25) is 5.91 Å². The van der Waals surface area contributed by atoms with Crippen LogP contribution < -0.4 is 10.3 Å². The molecular formula is C23H25N3O3. The molecule has 1 aromatic heterocycles. The fourth-order valence-corrected chi connectivity index (χ4v) is 3.14. The van der Waals surface area contributed by atoms with Crippen LogP contribution in [0.2, 0.25) is 0 Å². The number of benzene rings is 2. The van der Waals surface area contributed by atoms with E-state index in [2.05, 4.69) is 5.10 Å². The molecule has 0 fully saturated rings. The van der Waals surface area contributed by atoms with E-state index in [9.17, 15) is 9.59 Å². The lowest BCUT2D eigenvalue weighted by atomic mass is 10.1. The van der Waals surface area contributed by atoms with E-state index in [1.165, 1.54) is 10.7 Å². The average molecular weight is 391 g/mol. The average Bonchev–Trinajstić information content (AvgIpc) is 2.77. The second-order valence-electron chi connectivity index (χ2n) is 6.74. The molecule has 1 atom stereocenters. The van der Waals surface area contributed by atoms with Gasteiger partial charge in [-0.05, 0) is 49.7 Å². The van der Waals surface area contributed by atoms with Gasteiger partial charge in [-0.3, -0.25) is 9.59 Å². The molecule has 6 heteroatoms. The Balaban J connectivity index is 1.85. The molecule has 0 radical (unpaired) electrons. The first-order chi connectivity index (χ1) is 14.0. The van der Waals surface area contributed by atoms with E-state index in [1.807, 2.05) is 61.5 Å². The second kappa shape index (κ2) is 9.19. The first kappa shape index (κ1) is 20.3. The maximum atomic E-state index is 13.1. The van der Waals surface area contributed by atoms with Crippen molar-refractivity contribution in [3.63, 3.8) is 0 Å². The lowest BCUT2D eigenvalue weighted by Gasteiger charge is -2.25. The summed E-state index contributed by atoms with van der Waals surface area (Å²) in [5, 5.41) is 4.46. The largest absolute Gasteiger partial charge is 0.497 e. The molecule has 0 bridgehead atoms. The molecule has 150 valence electrons. The van der Waals surface area contributed by atoms with Gasteiger partial charge in [0.25, 0.3) is 5.56 Å². The Bertz CT molecular complexity index is 1010. The van der Waals surface area contributed by atoms with Crippen LogP contribution in [0.1, 0.15) is 25.5 Å². The third kappa shape index (κ3) is 4.71. The highest BCUT2D eigenvalue weighted by molar-refractivity contribution is 5.80. The van der Waals surface area contributed by atoms with Crippen molar-refractivity contribution < 1.29 is 9.53 Å². The Hall–Kier alpha value is -3.41. The summed E-state index contributed by atoms with van der Waals surface area (Å²) in [6.45, 7) is 4.68. The van der Waals surface area contributed by atoms with Crippen LogP contribution in [-0.4, -0.2) is 34.2 Å². The van der Waals surface area contributed by atoms with Crippen molar-refractivity contribution in [3.05, 3.63) is 82.6 Å². The number of rotatable bonds is 7. The normalized spacial score (nSPS) is 11.7. The topological polar surface area (TPSA) is 64.4 Å². The third-order valence-corrected chi connectivity index (χ3v) is 4.84. The fourth-order valence-electron chi connectivity index (χ4n) is 3.14. The van der Waals surface area contributed by atoms with Gasteiger partial charge < -0.3 is 9.64 Å². The van der Waals surface area contributed by atoms with Crippen LogP contribution in [0.25, 0.3) is 11.3 Å². The second-order valence-corrected chi connectivity index (χ2v) is 6.74. The number of methoxy groups -OCH3 is 1. The van der Waals surface area contributed by atoms with E-state index in [4.69, 9.17) is 4.74 Å². The van der Waals surface area contributed by atoms with Crippen LogP contribution in [0, 0.1) is 0 Å². The highest BCUT2D eigenvalue weighted by atomic mass is 16.5. The molecule has 0 spiro atoms. The first-order valence-corrected chi connectivity index (χ1v) is 9.60. The van der Waals surface area contributed by atoms with Gasteiger partial charge in [-0.2, -0.15) is 5.10 Å². The van der Waals surface area contributed by atoms with E-state index in [0.717, 1.165) is 16.9 Å². The molecule has 2 aromatic carbocycles. The highest BCUT2D eigenvalue weighted by Crippen LogP contribution is 2.20. The molecule has 6 nitrogen and oxygen atoms in total. The van der Waals surface area contributed by atoms with Gasteiger partial charge in [-0.25, -0.2) is 4.68 Å². The minimum atomic E-state index is -0.704. The summed E-state index contributed by atoms with van der Waals surface area (Å²) >= 11 is 0. The lowest BCUT2D eigenvalue weighted by Crippen LogP contribution is -2.39. The zero-order valence-corrected chi connectivity index (χ0v) is 16.9. The first-order valence-electron chi connectivity index (χ1n) is 9.60. The van der Waals surface area contributed by atoms with Crippen LogP contribution in [0.3, 0.4) is 0 Å². The molecule has 0 aliphatic heterocycles. The zero-order valence-electron chi connectivity index (χ0n) is 16.9. The summed E-state index contributed by atoms with van der Waals surface area (Å²) in [7, 11) is 1.61. The number of nitrogens with zero attached hydrogens (tertiary/aromatic N) is 3. The Morgan fingerprint density at radius 1 is 1.07 bits per heavy atom. The SMILES string of the molecule is CCN(Cc1ccccc1)C(=O)C(C)n1nc(-c2ccc(OC)cc2)ccc1=O. The van der Waals surface area contributed by atoms with Crippen molar-refractivity contribution in [2.45, 2.75) is 26.4 Å². The molecule has 3 aromatic rings. The number of carbonyl (C=O) groups excluding carboxylic acids is 1. The van der Waals surface area contributed by atoms with Crippen molar-refractivity contribution >= 4 is 5.91 Å². The Labute approximate surface area is 170 Å². The van der Waals surface area contributed by atoms with E-state index in [1.54, 1.807) is 25.0 Å². The van der Waals surface area contributed by atoms with Crippen molar-refractivity contribution in [2.24, 2.45) is 0 Å². The zero-order chi connectivity index (χ0) is 20.8. The van der Waals surface area contributed by atoms with Crippen LogP contribution in [-0.2, 0) is 11.3 Å². The molecule has 1 heterocycles. The van der Waals surface area contributed by atoms with E-state index in [0.29, 0.717) is 18.8 Å². The minimum absolute atomic E-state index is 0.141. The Kier molecular flexibility index (Phi) is 6.44. The smallest absolute Gasteiger partial charge is 0.267 e. The lowest BCUT2D eigenvalue weighted by molar-refractivity contribution is -0.135. The van der Waals surface area contributed by atoms with Gasteiger partial charge in [0.1, 0.15) is 11.8 Å². The van der Waals surface area contributed by atoms with E-state index in [-0.39, 0.29) is 11.5 Å². The third-order valence-electron chi connectivity index (χ3n) is 4.84. The van der Waals surface area contributed by atoms with E-state index < -0.39 is 6.04 Å². The molecule has 0 aliphatic rings. The quantitative estimate of drug-likeness (QED) is 0.618. The predicted molar refractivity (Wildman–Crippen MR) is 113 cm³/mol. The van der Waals surface area contributed by atoms with E-state index >= 15 is 0 Å². The van der Waals surface area contributed by atoms with Crippen molar-refractivity contribution in [2.75, 3.05) is 13.7 Å². The minimum Gasteiger partial charge on any atom is -0.497 e. The van der Waals surface area contributed by atoms with Gasteiger partial charge in [0.15, 0.2) is 0 Å². The summed E-state index contributed by atoms with van der Waals surface area (Å²) in [5.74, 6) is 0.600. The molecule has 0 saturated carbocycles. The molecule has 3 rings (SSSR count). The fraction of sp³-hybridized carbons (Fsp3) is 0.261. The number of carbonyl (C=O) groups is 1. The molecule has 0 saturated heterocycles. The van der Waals surface area contributed by atoms with Crippen molar-refractivity contribution in [1.29, 1.82) is 0 Å². The number of aromatic nitrogens is 2. The number of likely N-dealkylation sites (N-methyl/N-ethyl adjacent to an activating group) is 1. The summed E-state index contributed by atoms with van der Waals surface area (Å²) in [6, 6.07) is 19.6. The maximum absolute atomic E-state index is 13.1. The summed E-state index contributed by atoms with van der Waals surface area (Å²) < 4.78 is 6.44. The number of amides is 1. The van der Waals surface area contributed by atoms with Crippen LogP contribution >= 0.6 is 0 Å². The molecule has 0 N–H and O–H groups in total. The van der Waals surface area contributed by atoms with Crippen molar-refractivity contribution in [1.82, 2.24) is 14.7 Å². The van der Waals surface area contributed by atoms with Crippen LogP contribution in [0.4, 0.5) is 0 Å². The number of ether oxygens (including phenoxy) is 1. The maximum Gasteiger partial charge on any atom is 0.267 e. The van der Waals surface area contributed by atoms with Gasteiger partial charge in [-0.15, -0.1) is 0 Å². The molecule has 1 unspecified atom stereocenters. The van der Waals surface area contributed by atoms with Crippen molar-refractivity contribution in [3.8, 4) is 17.0 Å². The summed E-state index contributed by atoms with van der Waals surface area (Å²) in [4.78, 5) is 27.2. The molecule has 0 aliphatic carbocycles. The Morgan fingerprint density at radius 3 is 2.38 bits per heavy atom. The standard InChI is InChI=1S/C23H25N3O3/c1-4-25(16-18-8-6-5-7-9-18)23(28)17(2)26-22(27)15-14-21(24-26)19-10-12-20(29-3)13-11-19/h5-15,17H,4,16H2,1-3H3. The Morgan fingerprint density at radius 2 is 1.76 bits per heavy atom. The van der Waals surface area contributed by atoms with Gasteiger partial charge in [-0.1, -0.05) is 30.3 Å². The molecular weight excluding hydrogens is 366 g/mol. The van der Waals surface area contributed by atoms with Crippen LogP contribution in [0.5, 0.6) is 5.75 Å². The van der Waals surface area contributed by atoms with Gasteiger partial charge >= 0.3 is 0 Å². The molecule has 1 amide bonds. The van der Waals surface area contributed by atoms with Crippen LogP contribution in [0.15, 0.2) is 71.5 Å². The summed E-state index contributed by atoms with van der Waals surface area (Å²) in [6.07, 6.45) is 0.